The van der Waals surface area contributed by atoms with Crippen molar-refractivity contribution < 1.29 is 49.6 Å². The third-order valence-electron chi connectivity index (χ3n) is 0.362. The monoisotopic (exact) mass is 158 g/mol. The molecule has 11 heavy (non-hydrogen) atoms. The Balaban J connectivity index is -0.0000000817. The maximum Gasteiger partial charge on any atom is 1.00 e. The van der Waals surface area contributed by atoms with Crippen LogP contribution in [0.15, 0.2) is 12.2 Å². The molecule has 0 aliphatic heterocycles. The van der Waals surface area contributed by atoms with Crippen LogP contribution < -0.4 is 24.0 Å². The first-order valence-corrected chi connectivity index (χ1v) is 1.75. The molecule has 0 unspecified atom stereocenters. The Morgan fingerprint density at radius 3 is 1.64 bits per heavy atom. The molecule has 6 nitrogen and oxygen atoms in total. The molecule has 0 heterocycles. The summed E-state index contributed by atoms with van der Waals surface area (Å²) >= 11 is 0. The van der Waals surface area contributed by atoms with Crippen molar-refractivity contribution in [2.45, 2.75) is 0 Å². The van der Waals surface area contributed by atoms with Crippen molar-refractivity contribution in [3.8, 4) is 0 Å². The zero-order valence-corrected chi connectivity index (χ0v) is 5.83. The first-order valence-electron chi connectivity index (χ1n) is 1.75. The molecule has 0 aliphatic carbocycles. The molecule has 0 atom stereocenters. The van der Waals surface area contributed by atoms with Crippen molar-refractivity contribution in [3.05, 3.63) is 12.2 Å². The van der Waals surface area contributed by atoms with Gasteiger partial charge in [0.25, 0.3) is 0 Å². The second-order valence-corrected chi connectivity index (χ2v) is 0.991. The number of carboxylic acids is 2. The average Bonchev–Trinajstić information content (AvgIpc) is 1.61. The Morgan fingerprint density at radius 1 is 1.18 bits per heavy atom. The predicted molar refractivity (Wildman–Crippen MR) is 29.0 cm³/mol. The smallest absolute Gasteiger partial charge is 0.545 e. The Morgan fingerprint density at radius 2 is 1.55 bits per heavy atom. The minimum absolute atomic E-state index is 0. The van der Waals surface area contributed by atoms with Gasteiger partial charge in [0.2, 0.25) is 0 Å². The van der Waals surface area contributed by atoms with Gasteiger partial charge in [-0.1, -0.05) is 0 Å². The van der Waals surface area contributed by atoms with Crippen molar-refractivity contribution in [2.75, 3.05) is 0 Å². The molecule has 0 saturated heterocycles. The minimum atomic E-state index is -1.51. The molecule has 5 N–H and O–H groups in total. The molecule has 0 fully saturated rings. The van der Waals surface area contributed by atoms with E-state index in [1.807, 2.05) is 0 Å². The second kappa shape index (κ2) is 11.9. The number of hydrogen-bond donors (Lipinski definition) is 1. The molecule has 0 spiro atoms. The Hall–Kier alpha value is -0.803. The average molecular weight is 158 g/mol. The Bertz CT molecular complexity index is 126. The maximum absolute atomic E-state index is 9.53. The van der Waals surface area contributed by atoms with Crippen LogP contribution in [0.5, 0.6) is 0 Å². The quantitative estimate of drug-likeness (QED) is 0.315. The fourth-order valence-electron chi connectivity index (χ4n) is 0.139. The summed E-state index contributed by atoms with van der Waals surface area (Å²) in [5.74, 6) is -2.80. The van der Waals surface area contributed by atoms with E-state index >= 15 is 0 Å². The number of carboxylic acid groups (broad SMARTS) is 2. The standard InChI is InChI=1S/C4H4O4.Li.2H2O/c5-3(6)1-2-4(7)8;;;/h1-2H,(H,5,6)(H,7,8);;2*1H2/q;+1;;/p-1/b2-1-;;;. The van der Waals surface area contributed by atoms with E-state index in [1.165, 1.54) is 0 Å². The van der Waals surface area contributed by atoms with Crippen LogP contribution in [0.25, 0.3) is 0 Å². The van der Waals surface area contributed by atoms with Crippen LogP contribution >= 0.6 is 0 Å². The van der Waals surface area contributed by atoms with E-state index in [-0.39, 0.29) is 29.8 Å². The van der Waals surface area contributed by atoms with Crippen LogP contribution in [-0.4, -0.2) is 28.0 Å². The predicted octanol–water partition coefficient (Wildman–Crippen LogP) is -6.27. The van der Waals surface area contributed by atoms with Gasteiger partial charge in [-0.15, -0.1) is 0 Å². The van der Waals surface area contributed by atoms with Crippen LogP contribution in [0.1, 0.15) is 0 Å². The molecule has 0 saturated carbocycles. The van der Waals surface area contributed by atoms with Gasteiger partial charge in [0, 0.05) is 6.08 Å². The molecular weight excluding hydrogens is 151 g/mol. The summed E-state index contributed by atoms with van der Waals surface area (Å²) in [6, 6.07) is 0. The first-order chi connectivity index (χ1) is 3.63. The number of carbonyl (C=O) groups excluding carboxylic acids is 1. The molecule has 0 bridgehead atoms. The van der Waals surface area contributed by atoms with E-state index in [0.29, 0.717) is 12.2 Å². The summed E-state index contributed by atoms with van der Waals surface area (Å²) in [5, 5.41) is 17.2. The number of hydrogen-bond acceptors (Lipinski definition) is 3. The van der Waals surface area contributed by atoms with Gasteiger partial charge in [-0.25, -0.2) is 4.79 Å². The summed E-state index contributed by atoms with van der Waals surface area (Å²) < 4.78 is 0. The molecule has 7 heteroatoms. The third-order valence-corrected chi connectivity index (χ3v) is 0.362. The molecule has 0 rings (SSSR count). The van der Waals surface area contributed by atoms with Gasteiger partial charge in [0.1, 0.15) is 0 Å². The second-order valence-electron chi connectivity index (χ2n) is 0.991. The Labute approximate surface area is 74.3 Å². The first kappa shape index (κ1) is 22.5. The SMILES string of the molecule is O.O.O=C([O-])/C=C\C(=O)O.[Li+]. The fraction of sp³-hybridized carbons (Fsp3) is 0. The third kappa shape index (κ3) is 27.0. The van der Waals surface area contributed by atoms with Gasteiger partial charge < -0.3 is 26.0 Å². The van der Waals surface area contributed by atoms with Crippen molar-refractivity contribution >= 4 is 11.9 Å². The summed E-state index contributed by atoms with van der Waals surface area (Å²) in [4.78, 5) is 19.0. The van der Waals surface area contributed by atoms with E-state index in [1.54, 1.807) is 0 Å². The van der Waals surface area contributed by atoms with Crippen LogP contribution in [0.3, 0.4) is 0 Å². The van der Waals surface area contributed by atoms with Gasteiger partial charge in [0.15, 0.2) is 0 Å². The van der Waals surface area contributed by atoms with Crippen LogP contribution in [0.4, 0.5) is 0 Å². The molecule has 0 aliphatic rings. The summed E-state index contributed by atoms with van der Waals surface area (Å²) in [6.07, 6.45) is 0.942. The topological polar surface area (TPSA) is 140 Å². The molecule has 0 aromatic heterocycles. The summed E-state index contributed by atoms with van der Waals surface area (Å²) in [5.41, 5.74) is 0. The normalized spacial score (nSPS) is 6.91. The van der Waals surface area contributed by atoms with Crippen LogP contribution in [-0.2, 0) is 9.59 Å². The number of aliphatic carboxylic acids is 2. The van der Waals surface area contributed by atoms with Crippen molar-refractivity contribution in [2.24, 2.45) is 0 Å². The van der Waals surface area contributed by atoms with Crippen molar-refractivity contribution in [1.82, 2.24) is 0 Å². The fourth-order valence-corrected chi connectivity index (χ4v) is 0.139. The largest absolute Gasteiger partial charge is 1.00 e. The summed E-state index contributed by atoms with van der Waals surface area (Å²) in [7, 11) is 0. The molecule has 0 amide bonds. The molecule has 0 aromatic carbocycles. The van der Waals surface area contributed by atoms with E-state index in [4.69, 9.17) is 5.11 Å². The maximum atomic E-state index is 9.53. The molecule has 0 radical (unpaired) electrons. The minimum Gasteiger partial charge on any atom is -0.545 e. The zero-order chi connectivity index (χ0) is 6.57. The van der Waals surface area contributed by atoms with E-state index in [2.05, 4.69) is 0 Å². The van der Waals surface area contributed by atoms with E-state index in [9.17, 15) is 14.7 Å². The van der Waals surface area contributed by atoms with Crippen LogP contribution in [0.2, 0.25) is 0 Å². The number of carbonyl (C=O) groups is 2. The van der Waals surface area contributed by atoms with E-state index in [0.717, 1.165) is 0 Å². The zero-order valence-electron chi connectivity index (χ0n) is 5.83. The molecule has 0 aromatic rings. The van der Waals surface area contributed by atoms with Gasteiger partial charge in [0.05, 0.1) is 5.97 Å². The van der Waals surface area contributed by atoms with Crippen molar-refractivity contribution in [3.63, 3.8) is 0 Å². The number of rotatable bonds is 2. The molecule has 60 valence electrons. The van der Waals surface area contributed by atoms with Gasteiger partial charge in [-0.2, -0.15) is 0 Å². The Kier molecular flexibility index (Phi) is 24.4. The summed E-state index contributed by atoms with van der Waals surface area (Å²) in [6.45, 7) is 0. The van der Waals surface area contributed by atoms with E-state index < -0.39 is 11.9 Å². The van der Waals surface area contributed by atoms with Gasteiger partial charge in [-0.05, 0) is 6.08 Å². The van der Waals surface area contributed by atoms with Crippen LogP contribution in [0, 0.1) is 0 Å². The van der Waals surface area contributed by atoms with Gasteiger partial charge >= 0.3 is 24.8 Å². The van der Waals surface area contributed by atoms with Gasteiger partial charge in [-0.3, -0.25) is 0 Å². The van der Waals surface area contributed by atoms with Crippen molar-refractivity contribution in [1.29, 1.82) is 0 Å². The molecular formula is C4H7LiO6.